The fourth-order valence-electron chi connectivity index (χ4n) is 2.11. The molecule has 0 bridgehead atoms. The first-order valence-electron chi connectivity index (χ1n) is 7.33. The summed E-state index contributed by atoms with van der Waals surface area (Å²) >= 11 is 1.41. The number of benzene rings is 1. The molecule has 0 saturated carbocycles. The van der Waals surface area contributed by atoms with Crippen LogP contribution < -0.4 is 10.6 Å². The molecule has 1 aromatic heterocycles. The van der Waals surface area contributed by atoms with Gasteiger partial charge in [0.1, 0.15) is 5.69 Å². The van der Waals surface area contributed by atoms with Gasteiger partial charge in [0.05, 0.1) is 6.10 Å². The predicted octanol–water partition coefficient (Wildman–Crippen LogP) is 2.82. The number of hydrogen-bond donors (Lipinski definition) is 3. The molecule has 0 radical (unpaired) electrons. The number of carbonyl (C=O) groups excluding carboxylic acids is 1. The lowest BCUT2D eigenvalue weighted by Gasteiger charge is -2.17. The highest BCUT2D eigenvalue weighted by Gasteiger charge is 2.17. The molecule has 2 unspecified atom stereocenters. The Morgan fingerprint density at radius 3 is 2.77 bits per heavy atom. The number of hydrogen-bond acceptors (Lipinski definition) is 5. The third kappa shape index (κ3) is 4.54. The van der Waals surface area contributed by atoms with Crippen LogP contribution in [0.5, 0.6) is 0 Å². The molecule has 5 nitrogen and oxygen atoms in total. The molecule has 0 spiro atoms. The normalized spacial score (nSPS) is 13.4. The lowest BCUT2D eigenvalue weighted by molar-refractivity contribution is 0.0912. The van der Waals surface area contributed by atoms with E-state index in [9.17, 15) is 9.90 Å². The Morgan fingerprint density at radius 2 is 2.09 bits per heavy atom. The van der Waals surface area contributed by atoms with Gasteiger partial charge in [0.2, 0.25) is 0 Å². The van der Waals surface area contributed by atoms with E-state index in [4.69, 9.17) is 0 Å². The Labute approximate surface area is 134 Å². The van der Waals surface area contributed by atoms with Gasteiger partial charge in [0, 0.05) is 18.0 Å². The minimum absolute atomic E-state index is 0.146. The second-order valence-electron chi connectivity index (χ2n) is 5.10. The molecule has 1 amide bonds. The number of rotatable bonds is 7. The van der Waals surface area contributed by atoms with Gasteiger partial charge in [-0.1, -0.05) is 30.3 Å². The van der Waals surface area contributed by atoms with Crippen molar-refractivity contribution in [3.8, 4) is 0 Å². The molecular formula is C16H21N3O2S. The van der Waals surface area contributed by atoms with E-state index in [2.05, 4.69) is 15.6 Å². The van der Waals surface area contributed by atoms with Crippen LogP contribution in [-0.4, -0.2) is 28.6 Å². The monoisotopic (exact) mass is 319 g/mol. The maximum Gasteiger partial charge on any atom is 0.271 e. The van der Waals surface area contributed by atoms with Crippen LogP contribution in [-0.2, 0) is 0 Å². The van der Waals surface area contributed by atoms with Gasteiger partial charge < -0.3 is 15.7 Å². The van der Waals surface area contributed by atoms with Crippen LogP contribution in [0.25, 0.3) is 0 Å². The zero-order chi connectivity index (χ0) is 15.9. The van der Waals surface area contributed by atoms with Crippen molar-refractivity contribution in [2.45, 2.75) is 32.4 Å². The van der Waals surface area contributed by atoms with Gasteiger partial charge in [-0.3, -0.25) is 4.79 Å². The SMILES string of the molecule is CCNc1nc(C(=O)NC(C)CC(O)c2ccccc2)cs1. The van der Waals surface area contributed by atoms with Gasteiger partial charge >= 0.3 is 0 Å². The zero-order valence-corrected chi connectivity index (χ0v) is 13.6. The molecule has 6 heteroatoms. The fraction of sp³-hybridized carbons (Fsp3) is 0.375. The Hall–Kier alpha value is -1.92. The Bertz CT molecular complexity index is 600. The highest BCUT2D eigenvalue weighted by Crippen LogP contribution is 2.19. The molecule has 2 atom stereocenters. The molecular weight excluding hydrogens is 298 g/mol. The zero-order valence-electron chi connectivity index (χ0n) is 12.7. The first-order valence-corrected chi connectivity index (χ1v) is 8.21. The highest BCUT2D eigenvalue weighted by atomic mass is 32.1. The summed E-state index contributed by atoms with van der Waals surface area (Å²) in [5.74, 6) is -0.215. The van der Waals surface area contributed by atoms with E-state index in [1.165, 1.54) is 11.3 Å². The topological polar surface area (TPSA) is 74.2 Å². The Kier molecular flexibility index (Phi) is 5.91. The molecule has 2 rings (SSSR count). The molecule has 2 aromatic rings. The molecule has 0 aliphatic rings. The fourth-order valence-corrected chi connectivity index (χ4v) is 2.87. The second-order valence-corrected chi connectivity index (χ2v) is 5.96. The predicted molar refractivity (Wildman–Crippen MR) is 89.2 cm³/mol. The van der Waals surface area contributed by atoms with Crippen LogP contribution in [0.2, 0.25) is 0 Å². The van der Waals surface area contributed by atoms with E-state index in [0.29, 0.717) is 12.1 Å². The summed E-state index contributed by atoms with van der Waals surface area (Å²) in [6.45, 7) is 4.63. The summed E-state index contributed by atoms with van der Waals surface area (Å²) in [5.41, 5.74) is 1.26. The van der Waals surface area contributed by atoms with Crippen LogP contribution in [0.1, 0.15) is 42.4 Å². The van der Waals surface area contributed by atoms with Crippen LogP contribution in [0, 0.1) is 0 Å². The second kappa shape index (κ2) is 7.91. The lowest BCUT2D eigenvalue weighted by Crippen LogP contribution is -2.34. The third-order valence-corrected chi connectivity index (χ3v) is 4.00. The summed E-state index contributed by atoms with van der Waals surface area (Å²) < 4.78 is 0. The average molecular weight is 319 g/mol. The summed E-state index contributed by atoms with van der Waals surface area (Å²) in [5, 5.41) is 18.6. The molecule has 0 aliphatic carbocycles. The standard InChI is InChI=1S/C16H21N3O2S/c1-3-17-16-19-13(10-22-16)15(21)18-11(2)9-14(20)12-7-5-4-6-8-12/h4-8,10-11,14,20H,3,9H2,1-2H3,(H,17,19)(H,18,21). The van der Waals surface area contributed by atoms with Crippen molar-refractivity contribution < 1.29 is 9.90 Å². The van der Waals surface area contributed by atoms with Crippen molar-refractivity contribution in [1.29, 1.82) is 0 Å². The van der Waals surface area contributed by atoms with E-state index in [0.717, 1.165) is 17.2 Å². The molecule has 3 N–H and O–H groups in total. The molecule has 22 heavy (non-hydrogen) atoms. The van der Waals surface area contributed by atoms with Gasteiger partial charge in [-0.15, -0.1) is 11.3 Å². The molecule has 1 heterocycles. The van der Waals surface area contributed by atoms with Gasteiger partial charge in [0.15, 0.2) is 5.13 Å². The third-order valence-electron chi connectivity index (χ3n) is 3.20. The van der Waals surface area contributed by atoms with Crippen LogP contribution in [0.4, 0.5) is 5.13 Å². The molecule has 0 fully saturated rings. The molecule has 0 saturated heterocycles. The van der Waals surface area contributed by atoms with E-state index < -0.39 is 6.10 Å². The van der Waals surface area contributed by atoms with Crippen molar-refractivity contribution in [2.24, 2.45) is 0 Å². The van der Waals surface area contributed by atoms with E-state index in [1.807, 2.05) is 44.2 Å². The van der Waals surface area contributed by atoms with E-state index in [1.54, 1.807) is 5.38 Å². The minimum atomic E-state index is -0.593. The van der Waals surface area contributed by atoms with Crippen molar-refractivity contribution in [1.82, 2.24) is 10.3 Å². The number of carbonyl (C=O) groups is 1. The Morgan fingerprint density at radius 1 is 1.36 bits per heavy atom. The Balaban J connectivity index is 1.88. The summed E-state index contributed by atoms with van der Waals surface area (Å²) in [6, 6.07) is 9.29. The van der Waals surface area contributed by atoms with Gasteiger partial charge in [-0.25, -0.2) is 4.98 Å². The van der Waals surface area contributed by atoms with Crippen molar-refractivity contribution in [3.63, 3.8) is 0 Å². The average Bonchev–Trinajstić information content (AvgIpc) is 2.97. The molecule has 1 aromatic carbocycles. The summed E-state index contributed by atoms with van der Waals surface area (Å²) in [7, 11) is 0. The summed E-state index contributed by atoms with van der Waals surface area (Å²) in [4.78, 5) is 16.3. The first-order chi connectivity index (χ1) is 10.6. The highest BCUT2D eigenvalue weighted by molar-refractivity contribution is 7.13. The van der Waals surface area contributed by atoms with Crippen molar-refractivity contribution in [2.75, 3.05) is 11.9 Å². The first kappa shape index (κ1) is 16.5. The van der Waals surface area contributed by atoms with E-state index >= 15 is 0 Å². The van der Waals surface area contributed by atoms with Gasteiger partial charge in [-0.05, 0) is 25.8 Å². The lowest BCUT2D eigenvalue weighted by atomic mass is 10.0. The number of aliphatic hydroxyl groups is 1. The number of thiazole rings is 1. The number of nitrogens with zero attached hydrogens (tertiary/aromatic N) is 1. The van der Waals surface area contributed by atoms with Gasteiger partial charge in [0.25, 0.3) is 5.91 Å². The van der Waals surface area contributed by atoms with Crippen LogP contribution in [0.15, 0.2) is 35.7 Å². The maximum absolute atomic E-state index is 12.1. The number of aliphatic hydroxyl groups excluding tert-OH is 1. The van der Waals surface area contributed by atoms with Crippen LogP contribution >= 0.6 is 11.3 Å². The number of anilines is 1. The van der Waals surface area contributed by atoms with Crippen LogP contribution in [0.3, 0.4) is 0 Å². The minimum Gasteiger partial charge on any atom is -0.388 e. The number of aromatic nitrogens is 1. The number of nitrogens with one attached hydrogen (secondary N) is 2. The quantitative estimate of drug-likeness (QED) is 0.733. The van der Waals surface area contributed by atoms with Crippen molar-refractivity contribution in [3.05, 3.63) is 47.0 Å². The van der Waals surface area contributed by atoms with Gasteiger partial charge in [-0.2, -0.15) is 0 Å². The molecule has 0 aliphatic heterocycles. The largest absolute Gasteiger partial charge is 0.388 e. The molecule has 118 valence electrons. The number of amides is 1. The smallest absolute Gasteiger partial charge is 0.271 e. The summed E-state index contributed by atoms with van der Waals surface area (Å²) in [6.07, 6.45) is -0.135. The maximum atomic E-state index is 12.1. The van der Waals surface area contributed by atoms with Crippen molar-refractivity contribution >= 4 is 22.4 Å². The van der Waals surface area contributed by atoms with E-state index in [-0.39, 0.29) is 11.9 Å².